The summed E-state index contributed by atoms with van der Waals surface area (Å²) in [5.41, 5.74) is 2.12. The van der Waals surface area contributed by atoms with Gasteiger partial charge in [-0.2, -0.15) is 0 Å². The lowest BCUT2D eigenvalue weighted by Crippen LogP contribution is -2.43. The predicted octanol–water partition coefficient (Wildman–Crippen LogP) is 3.41. The topological polar surface area (TPSA) is 47.4 Å². The van der Waals surface area contributed by atoms with Crippen molar-refractivity contribution in [2.45, 2.75) is 31.3 Å². The molecule has 4 rings (SSSR count). The minimum atomic E-state index is 0.0332. The van der Waals surface area contributed by atoms with Crippen LogP contribution in [-0.2, 0) is 17.8 Å². The average Bonchev–Trinajstić information content (AvgIpc) is 2.73. The number of morpholine rings is 1. The molecule has 1 aliphatic heterocycles. The van der Waals surface area contributed by atoms with E-state index in [1.54, 1.807) is 16.3 Å². The van der Waals surface area contributed by atoms with Gasteiger partial charge in [-0.05, 0) is 24.6 Å². The summed E-state index contributed by atoms with van der Waals surface area (Å²) < 4.78 is 7.74. The molecule has 0 saturated carbocycles. The normalized spacial score (nSPS) is 17.8. The van der Waals surface area contributed by atoms with Crippen molar-refractivity contribution < 1.29 is 4.74 Å². The molecule has 0 aliphatic carbocycles. The summed E-state index contributed by atoms with van der Waals surface area (Å²) in [6.07, 6.45) is 0.135. The average molecular weight is 396 g/mol. The van der Waals surface area contributed by atoms with Crippen LogP contribution < -0.4 is 5.56 Å². The van der Waals surface area contributed by atoms with Crippen molar-refractivity contribution in [2.75, 3.05) is 25.4 Å². The van der Waals surface area contributed by atoms with Gasteiger partial charge < -0.3 is 4.74 Å². The van der Waals surface area contributed by atoms with Crippen molar-refractivity contribution in [3.05, 3.63) is 70.5 Å². The van der Waals surface area contributed by atoms with Gasteiger partial charge >= 0.3 is 0 Å². The fourth-order valence-corrected chi connectivity index (χ4v) is 4.64. The minimum absolute atomic E-state index is 0.0332. The Bertz CT molecular complexity index is 990. The van der Waals surface area contributed by atoms with E-state index in [0.29, 0.717) is 11.9 Å². The second-order valence-corrected chi connectivity index (χ2v) is 7.97. The first kappa shape index (κ1) is 19.2. The molecule has 1 saturated heterocycles. The molecule has 146 valence electrons. The highest BCUT2D eigenvalue weighted by Gasteiger charge is 2.22. The van der Waals surface area contributed by atoms with Gasteiger partial charge in [0.1, 0.15) is 0 Å². The molecule has 0 spiro atoms. The first-order chi connectivity index (χ1) is 13.7. The Labute approximate surface area is 169 Å². The van der Waals surface area contributed by atoms with Crippen LogP contribution in [0.25, 0.3) is 10.9 Å². The quantitative estimate of drug-likeness (QED) is 0.473. The number of thioether (sulfide) groups is 1. The number of ether oxygens (including phenoxy) is 1. The lowest BCUT2D eigenvalue weighted by atomic mass is 10.2. The molecule has 3 aromatic rings. The summed E-state index contributed by atoms with van der Waals surface area (Å²) in [6, 6.07) is 18.1. The van der Waals surface area contributed by atoms with E-state index in [1.165, 1.54) is 5.56 Å². The van der Waals surface area contributed by atoms with E-state index in [-0.39, 0.29) is 11.7 Å². The van der Waals surface area contributed by atoms with Gasteiger partial charge in [-0.25, -0.2) is 4.98 Å². The zero-order valence-corrected chi connectivity index (χ0v) is 16.9. The van der Waals surface area contributed by atoms with E-state index in [0.717, 1.165) is 42.7 Å². The SMILES string of the molecule is CCn1c(SC[C@H]2CN(Cc3ccccc3)CCO2)nc2ccccc2c1=O. The minimum Gasteiger partial charge on any atom is -0.375 e. The maximum atomic E-state index is 12.8. The summed E-state index contributed by atoms with van der Waals surface area (Å²) in [5, 5.41) is 1.45. The summed E-state index contributed by atoms with van der Waals surface area (Å²) in [5.74, 6) is 0.788. The zero-order valence-electron chi connectivity index (χ0n) is 16.1. The third kappa shape index (κ3) is 4.29. The molecular weight excluding hydrogens is 370 g/mol. The number of fused-ring (bicyclic) bond motifs is 1. The van der Waals surface area contributed by atoms with E-state index < -0.39 is 0 Å². The van der Waals surface area contributed by atoms with Crippen molar-refractivity contribution in [3.63, 3.8) is 0 Å². The van der Waals surface area contributed by atoms with E-state index in [9.17, 15) is 4.79 Å². The van der Waals surface area contributed by atoms with Crippen LogP contribution in [0, 0.1) is 0 Å². The molecular formula is C22H25N3O2S. The molecule has 1 aromatic heterocycles. The van der Waals surface area contributed by atoms with Crippen molar-refractivity contribution >= 4 is 22.7 Å². The van der Waals surface area contributed by atoms with Crippen LogP contribution in [0.4, 0.5) is 0 Å². The first-order valence-electron chi connectivity index (χ1n) is 9.75. The Morgan fingerprint density at radius 2 is 1.93 bits per heavy atom. The molecule has 6 heteroatoms. The zero-order chi connectivity index (χ0) is 19.3. The number of para-hydroxylation sites is 1. The van der Waals surface area contributed by atoms with Crippen LogP contribution in [-0.4, -0.2) is 46.0 Å². The van der Waals surface area contributed by atoms with Crippen LogP contribution in [0.5, 0.6) is 0 Å². The first-order valence-corrected chi connectivity index (χ1v) is 10.7. The maximum absolute atomic E-state index is 12.8. The summed E-state index contributed by atoms with van der Waals surface area (Å²) in [6.45, 7) is 6.13. The van der Waals surface area contributed by atoms with E-state index in [4.69, 9.17) is 9.72 Å². The maximum Gasteiger partial charge on any atom is 0.262 e. The van der Waals surface area contributed by atoms with E-state index in [2.05, 4.69) is 29.2 Å². The molecule has 0 radical (unpaired) electrons. The largest absolute Gasteiger partial charge is 0.375 e. The Balaban J connectivity index is 1.44. The van der Waals surface area contributed by atoms with E-state index >= 15 is 0 Å². The van der Waals surface area contributed by atoms with Gasteiger partial charge in [0.05, 0.1) is 23.6 Å². The van der Waals surface area contributed by atoms with Crippen LogP contribution >= 0.6 is 11.8 Å². The second-order valence-electron chi connectivity index (χ2n) is 6.99. The van der Waals surface area contributed by atoms with Gasteiger partial charge in [0.25, 0.3) is 5.56 Å². The van der Waals surface area contributed by atoms with Crippen molar-refractivity contribution in [2.24, 2.45) is 0 Å². The molecule has 0 N–H and O–H groups in total. The molecule has 5 nitrogen and oxygen atoms in total. The number of aromatic nitrogens is 2. The lowest BCUT2D eigenvalue weighted by molar-refractivity contribution is -0.0187. The molecule has 2 aromatic carbocycles. The third-order valence-corrected chi connectivity index (χ3v) is 6.12. The Kier molecular flexibility index (Phi) is 6.10. The fraction of sp³-hybridized carbons (Fsp3) is 0.364. The summed E-state index contributed by atoms with van der Waals surface area (Å²) >= 11 is 1.62. The molecule has 0 amide bonds. The fourth-order valence-electron chi connectivity index (χ4n) is 3.57. The predicted molar refractivity (Wildman–Crippen MR) is 114 cm³/mol. The van der Waals surface area contributed by atoms with Crippen LogP contribution in [0.3, 0.4) is 0 Å². The molecule has 2 heterocycles. The van der Waals surface area contributed by atoms with Gasteiger partial charge in [0.2, 0.25) is 0 Å². The number of hydrogen-bond donors (Lipinski definition) is 0. The monoisotopic (exact) mass is 395 g/mol. The summed E-state index contributed by atoms with van der Waals surface area (Å²) in [7, 11) is 0. The van der Waals surface area contributed by atoms with Crippen LogP contribution in [0.15, 0.2) is 64.5 Å². The Morgan fingerprint density at radius 3 is 2.75 bits per heavy atom. The van der Waals surface area contributed by atoms with Gasteiger partial charge in [-0.3, -0.25) is 14.3 Å². The van der Waals surface area contributed by atoms with Gasteiger partial charge in [0, 0.05) is 31.9 Å². The lowest BCUT2D eigenvalue weighted by Gasteiger charge is -2.32. The van der Waals surface area contributed by atoms with E-state index in [1.807, 2.05) is 37.3 Å². The van der Waals surface area contributed by atoms with Crippen molar-refractivity contribution in [1.29, 1.82) is 0 Å². The highest BCUT2D eigenvalue weighted by molar-refractivity contribution is 7.99. The van der Waals surface area contributed by atoms with Crippen LogP contribution in [0.1, 0.15) is 12.5 Å². The second kappa shape index (κ2) is 8.90. The molecule has 28 heavy (non-hydrogen) atoms. The molecule has 0 bridgehead atoms. The molecule has 0 unspecified atom stereocenters. The smallest absolute Gasteiger partial charge is 0.262 e. The molecule has 1 aliphatic rings. The number of rotatable bonds is 6. The third-order valence-electron chi connectivity index (χ3n) is 5.01. The Hall–Kier alpha value is -2.15. The highest BCUT2D eigenvalue weighted by atomic mass is 32.2. The molecule has 1 fully saturated rings. The number of hydrogen-bond acceptors (Lipinski definition) is 5. The van der Waals surface area contributed by atoms with Crippen LogP contribution in [0.2, 0.25) is 0 Å². The van der Waals surface area contributed by atoms with Crippen molar-refractivity contribution in [1.82, 2.24) is 14.5 Å². The molecule has 1 atom stereocenters. The number of nitrogens with zero attached hydrogens (tertiary/aromatic N) is 3. The van der Waals surface area contributed by atoms with Gasteiger partial charge in [-0.1, -0.05) is 54.2 Å². The van der Waals surface area contributed by atoms with Gasteiger partial charge in [-0.15, -0.1) is 0 Å². The van der Waals surface area contributed by atoms with Crippen molar-refractivity contribution in [3.8, 4) is 0 Å². The number of benzene rings is 2. The standard InChI is InChI=1S/C22H25N3O2S/c1-2-25-21(26)19-10-6-7-11-20(19)23-22(25)28-16-18-15-24(12-13-27-18)14-17-8-4-3-5-9-17/h3-11,18H,2,12-16H2,1H3/t18-/m1/s1. The van der Waals surface area contributed by atoms with Gasteiger partial charge in [0.15, 0.2) is 5.16 Å². The Morgan fingerprint density at radius 1 is 1.14 bits per heavy atom. The highest BCUT2D eigenvalue weighted by Crippen LogP contribution is 2.21. The summed E-state index contributed by atoms with van der Waals surface area (Å²) in [4.78, 5) is 19.9.